The highest BCUT2D eigenvalue weighted by Crippen LogP contribution is 2.26. The van der Waals surface area contributed by atoms with Gasteiger partial charge in [0, 0.05) is 37.7 Å². The molecule has 26 heavy (non-hydrogen) atoms. The number of nitrogens with zero attached hydrogens (tertiary/aromatic N) is 2. The van der Waals surface area contributed by atoms with E-state index < -0.39 is 0 Å². The van der Waals surface area contributed by atoms with E-state index >= 15 is 0 Å². The molecular formula is C22H26N2O2. The standard InChI is InChI=1S/C22H26N2O2/c25-21(18-8-2-1-3-9-18)23-13-15-24(16-14-23)22(26)20-12-6-10-17-7-4-5-11-19(17)20/h4-7,10-12,18H,1-3,8-9,13-16H2. The summed E-state index contributed by atoms with van der Waals surface area (Å²) in [4.78, 5) is 29.6. The topological polar surface area (TPSA) is 40.6 Å². The Labute approximate surface area is 154 Å². The molecule has 4 nitrogen and oxygen atoms in total. The maximum atomic E-state index is 13.0. The smallest absolute Gasteiger partial charge is 0.254 e. The fourth-order valence-electron chi connectivity index (χ4n) is 4.32. The van der Waals surface area contributed by atoms with Gasteiger partial charge in [-0.05, 0) is 29.7 Å². The molecule has 4 heteroatoms. The molecule has 1 saturated heterocycles. The van der Waals surface area contributed by atoms with Crippen LogP contribution in [0.1, 0.15) is 42.5 Å². The van der Waals surface area contributed by atoms with Crippen molar-refractivity contribution in [2.24, 2.45) is 5.92 Å². The van der Waals surface area contributed by atoms with Gasteiger partial charge in [0.1, 0.15) is 0 Å². The van der Waals surface area contributed by atoms with Crippen molar-refractivity contribution in [1.82, 2.24) is 9.80 Å². The summed E-state index contributed by atoms with van der Waals surface area (Å²) in [6.45, 7) is 2.57. The second-order valence-corrected chi connectivity index (χ2v) is 7.48. The minimum absolute atomic E-state index is 0.0755. The first-order chi connectivity index (χ1) is 12.7. The Hall–Kier alpha value is -2.36. The molecule has 136 valence electrons. The predicted octanol–water partition coefficient (Wildman–Crippen LogP) is 3.70. The molecule has 2 fully saturated rings. The fourth-order valence-corrected chi connectivity index (χ4v) is 4.32. The predicted molar refractivity (Wildman–Crippen MR) is 103 cm³/mol. The number of rotatable bonds is 2. The van der Waals surface area contributed by atoms with Crippen LogP contribution in [-0.4, -0.2) is 47.8 Å². The first-order valence-corrected chi connectivity index (χ1v) is 9.80. The van der Waals surface area contributed by atoms with Crippen molar-refractivity contribution in [1.29, 1.82) is 0 Å². The number of fused-ring (bicyclic) bond motifs is 1. The quantitative estimate of drug-likeness (QED) is 0.828. The van der Waals surface area contributed by atoms with Crippen molar-refractivity contribution >= 4 is 22.6 Å². The highest BCUT2D eigenvalue weighted by molar-refractivity contribution is 6.07. The summed E-state index contributed by atoms with van der Waals surface area (Å²) < 4.78 is 0. The van der Waals surface area contributed by atoms with Crippen LogP contribution in [0.4, 0.5) is 0 Å². The monoisotopic (exact) mass is 350 g/mol. The SMILES string of the molecule is O=C(c1cccc2ccccc12)N1CCN(C(=O)C2CCCCC2)CC1. The molecule has 1 heterocycles. The molecule has 0 aromatic heterocycles. The molecule has 1 aliphatic carbocycles. The van der Waals surface area contributed by atoms with Gasteiger partial charge in [0.25, 0.3) is 5.91 Å². The second kappa shape index (κ2) is 7.48. The molecule has 0 radical (unpaired) electrons. The summed E-state index contributed by atoms with van der Waals surface area (Å²) >= 11 is 0. The van der Waals surface area contributed by atoms with Crippen LogP contribution in [0, 0.1) is 5.92 Å². The molecule has 0 N–H and O–H groups in total. The van der Waals surface area contributed by atoms with Crippen molar-refractivity contribution in [2.75, 3.05) is 26.2 Å². The van der Waals surface area contributed by atoms with Gasteiger partial charge in [0.15, 0.2) is 0 Å². The van der Waals surface area contributed by atoms with E-state index in [4.69, 9.17) is 0 Å². The maximum absolute atomic E-state index is 13.0. The summed E-state index contributed by atoms with van der Waals surface area (Å²) in [6.07, 6.45) is 5.69. The van der Waals surface area contributed by atoms with Crippen LogP contribution in [0.3, 0.4) is 0 Å². The summed E-state index contributed by atoms with van der Waals surface area (Å²) in [5.74, 6) is 0.595. The van der Waals surface area contributed by atoms with E-state index in [-0.39, 0.29) is 11.8 Å². The summed E-state index contributed by atoms with van der Waals surface area (Å²) in [5, 5.41) is 2.09. The van der Waals surface area contributed by atoms with E-state index in [2.05, 4.69) is 0 Å². The summed E-state index contributed by atoms with van der Waals surface area (Å²) in [6, 6.07) is 13.9. The van der Waals surface area contributed by atoms with Crippen LogP contribution >= 0.6 is 0 Å². The Morgan fingerprint density at radius 1 is 0.769 bits per heavy atom. The number of hydrogen-bond acceptors (Lipinski definition) is 2. The van der Waals surface area contributed by atoms with Crippen molar-refractivity contribution < 1.29 is 9.59 Å². The fraction of sp³-hybridized carbons (Fsp3) is 0.455. The zero-order valence-electron chi connectivity index (χ0n) is 15.2. The van der Waals surface area contributed by atoms with Gasteiger partial charge in [-0.2, -0.15) is 0 Å². The molecule has 2 aromatic carbocycles. The van der Waals surface area contributed by atoms with E-state index in [9.17, 15) is 9.59 Å². The third-order valence-corrected chi connectivity index (χ3v) is 5.85. The summed E-state index contributed by atoms with van der Waals surface area (Å²) in [5.41, 5.74) is 0.759. The number of carbonyl (C=O) groups is 2. The maximum Gasteiger partial charge on any atom is 0.254 e. The lowest BCUT2D eigenvalue weighted by atomic mass is 9.88. The molecule has 0 unspecified atom stereocenters. The minimum Gasteiger partial charge on any atom is -0.339 e. The molecule has 4 rings (SSSR count). The Morgan fingerprint density at radius 2 is 1.42 bits per heavy atom. The highest BCUT2D eigenvalue weighted by Gasteiger charge is 2.30. The molecule has 2 aromatic rings. The van der Waals surface area contributed by atoms with Crippen LogP contribution in [0.15, 0.2) is 42.5 Å². The normalized spacial score (nSPS) is 18.9. The van der Waals surface area contributed by atoms with Gasteiger partial charge in [-0.25, -0.2) is 0 Å². The number of amides is 2. The highest BCUT2D eigenvalue weighted by atomic mass is 16.2. The molecule has 2 aliphatic rings. The van der Waals surface area contributed by atoms with E-state index in [0.29, 0.717) is 32.1 Å². The number of benzene rings is 2. The summed E-state index contributed by atoms with van der Waals surface area (Å²) in [7, 11) is 0. The zero-order valence-corrected chi connectivity index (χ0v) is 15.2. The number of piperazine rings is 1. The lowest BCUT2D eigenvalue weighted by Gasteiger charge is -2.37. The van der Waals surface area contributed by atoms with Gasteiger partial charge in [0.2, 0.25) is 5.91 Å². The third-order valence-electron chi connectivity index (χ3n) is 5.85. The van der Waals surface area contributed by atoms with Crippen LogP contribution in [0.25, 0.3) is 10.8 Å². The third kappa shape index (κ3) is 3.33. The first kappa shape index (κ1) is 17.1. The van der Waals surface area contributed by atoms with Crippen LogP contribution < -0.4 is 0 Å². The molecule has 0 spiro atoms. The van der Waals surface area contributed by atoms with Gasteiger partial charge < -0.3 is 9.80 Å². The molecule has 0 bridgehead atoms. The zero-order chi connectivity index (χ0) is 17.9. The van der Waals surface area contributed by atoms with Gasteiger partial charge in [-0.1, -0.05) is 55.7 Å². The van der Waals surface area contributed by atoms with E-state index in [1.54, 1.807) is 0 Å². The van der Waals surface area contributed by atoms with E-state index in [1.165, 1.54) is 19.3 Å². The number of carbonyl (C=O) groups excluding carboxylic acids is 2. The second-order valence-electron chi connectivity index (χ2n) is 7.48. The average Bonchev–Trinajstić information content (AvgIpc) is 2.73. The lowest BCUT2D eigenvalue weighted by molar-refractivity contribution is -0.138. The van der Waals surface area contributed by atoms with Crippen LogP contribution in [-0.2, 0) is 4.79 Å². The number of hydrogen-bond donors (Lipinski definition) is 0. The molecule has 0 atom stereocenters. The van der Waals surface area contributed by atoms with Crippen LogP contribution in [0.2, 0.25) is 0 Å². The lowest BCUT2D eigenvalue weighted by Crippen LogP contribution is -2.52. The van der Waals surface area contributed by atoms with Gasteiger partial charge in [-0.3, -0.25) is 9.59 Å². The van der Waals surface area contributed by atoms with Crippen LogP contribution in [0.5, 0.6) is 0 Å². The molecule has 2 amide bonds. The average molecular weight is 350 g/mol. The van der Waals surface area contributed by atoms with Gasteiger partial charge in [0.05, 0.1) is 0 Å². The Bertz CT molecular complexity index is 797. The van der Waals surface area contributed by atoms with E-state index in [1.807, 2.05) is 52.3 Å². The Balaban J connectivity index is 1.42. The largest absolute Gasteiger partial charge is 0.339 e. The van der Waals surface area contributed by atoms with Crippen molar-refractivity contribution in [2.45, 2.75) is 32.1 Å². The van der Waals surface area contributed by atoms with Crippen molar-refractivity contribution in [3.8, 4) is 0 Å². The van der Waals surface area contributed by atoms with Gasteiger partial charge >= 0.3 is 0 Å². The van der Waals surface area contributed by atoms with Crippen molar-refractivity contribution in [3.05, 3.63) is 48.0 Å². The Kier molecular flexibility index (Phi) is 4.91. The first-order valence-electron chi connectivity index (χ1n) is 9.80. The molecular weight excluding hydrogens is 324 g/mol. The molecule has 1 aliphatic heterocycles. The van der Waals surface area contributed by atoms with Crippen molar-refractivity contribution in [3.63, 3.8) is 0 Å². The van der Waals surface area contributed by atoms with E-state index in [0.717, 1.165) is 29.2 Å². The Morgan fingerprint density at radius 3 is 2.19 bits per heavy atom. The molecule has 1 saturated carbocycles. The minimum atomic E-state index is 0.0755. The van der Waals surface area contributed by atoms with Gasteiger partial charge in [-0.15, -0.1) is 0 Å².